The summed E-state index contributed by atoms with van der Waals surface area (Å²) < 4.78 is 6.10. The molecule has 30 heavy (non-hydrogen) atoms. The highest BCUT2D eigenvalue weighted by Crippen LogP contribution is 2.65. The SMILES string of the molecule is C[C@]12CCC(=O)C=C1CC[C@@H]1[C@H]2CC[C@]2(C)C(OC(=O)c3ccccc3Cl)CC[C@@H]12. The molecule has 0 saturated heterocycles. The van der Waals surface area contributed by atoms with Crippen molar-refractivity contribution < 1.29 is 14.3 Å². The average molecular weight is 427 g/mol. The first kappa shape index (κ1) is 20.3. The van der Waals surface area contributed by atoms with E-state index in [2.05, 4.69) is 13.8 Å². The van der Waals surface area contributed by atoms with Gasteiger partial charge in [0.25, 0.3) is 0 Å². The van der Waals surface area contributed by atoms with Gasteiger partial charge in [-0.2, -0.15) is 0 Å². The van der Waals surface area contributed by atoms with Crippen molar-refractivity contribution in [2.24, 2.45) is 28.6 Å². The van der Waals surface area contributed by atoms with Crippen molar-refractivity contribution in [1.29, 1.82) is 0 Å². The average Bonchev–Trinajstić information content (AvgIpc) is 3.05. The van der Waals surface area contributed by atoms with Crippen LogP contribution in [0.15, 0.2) is 35.9 Å². The van der Waals surface area contributed by atoms with Gasteiger partial charge < -0.3 is 4.74 Å². The van der Waals surface area contributed by atoms with Gasteiger partial charge >= 0.3 is 5.97 Å². The minimum atomic E-state index is -0.291. The number of ether oxygens (including phenoxy) is 1. The molecule has 6 atom stereocenters. The predicted octanol–water partition coefficient (Wildman–Crippen LogP) is 6.40. The van der Waals surface area contributed by atoms with Crippen LogP contribution in [-0.4, -0.2) is 17.9 Å². The van der Waals surface area contributed by atoms with Gasteiger partial charge in [-0.05, 0) is 86.3 Å². The van der Waals surface area contributed by atoms with Gasteiger partial charge in [-0.15, -0.1) is 0 Å². The van der Waals surface area contributed by atoms with E-state index < -0.39 is 0 Å². The molecule has 0 bridgehead atoms. The molecule has 0 N–H and O–H groups in total. The summed E-state index contributed by atoms with van der Waals surface area (Å²) in [5, 5.41) is 0.456. The van der Waals surface area contributed by atoms with Crippen LogP contribution in [0.3, 0.4) is 0 Å². The first-order valence-electron chi connectivity index (χ1n) is 11.5. The summed E-state index contributed by atoms with van der Waals surface area (Å²) >= 11 is 6.23. The number of halogens is 1. The number of hydrogen-bond acceptors (Lipinski definition) is 3. The van der Waals surface area contributed by atoms with Crippen LogP contribution in [0, 0.1) is 28.6 Å². The monoisotopic (exact) mass is 426 g/mol. The number of allylic oxidation sites excluding steroid dienone is 1. The highest BCUT2D eigenvalue weighted by atomic mass is 35.5. The Morgan fingerprint density at radius 3 is 2.63 bits per heavy atom. The molecule has 3 nitrogen and oxygen atoms in total. The Morgan fingerprint density at radius 1 is 1.03 bits per heavy atom. The van der Waals surface area contributed by atoms with E-state index in [1.807, 2.05) is 18.2 Å². The van der Waals surface area contributed by atoms with Crippen LogP contribution < -0.4 is 0 Å². The summed E-state index contributed by atoms with van der Waals surface area (Å²) in [4.78, 5) is 24.9. The summed E-state index contributed by atoms with van der Waals surface area (Å²) in [6.07, 6.45) is 10.2. The summed E-state index contributed by atoms with van der Waals surface area (Å²) in [5.74, 6) is 1.94. The van der Waals surface area contributed by atoms with Gasteiger partial charge in [0.15, 0.2) is 5.78 Å². The fraction of sp³-hybridized carbons (Fsp3) is 0.615. The minimum absolute atomic E-state index is 0.0371. The van der Waals surface area contributed by atoms with E-state index >= 15 is 0 Å². The maximum absolute atomic E-state index is 12.8. The van der Waals surface area contributed by atoms with Crippen molar-refractivity contribution in [2.75, 3.05) is 0 Å². The molecular weight excluding hydrogens is 396 g/mol. The molecule has 5 rings (SSSR count). The maximum Gasteiger partial charge on any atom is 0.339 e. The van der Waals surface area contributed by atoms with Gasteiger partial charge in [0.2, 0.25) is 0 Å². The van der Waals surface area contributed by atoms with Crippen LogP contribution in [0.4, 0.5) is 0 Å². The molecule has 0 spiro atoms. The zero-order valence-electron chi connectivity index (χ0n) is 18.0. The standard InChI is InChI=1S/C26H31ClO3/c1-25-13-11-17(28)15-16(25)7-8-18-20-9-10-23(26(20,2)14-12-21(18)25)30-24(29)19-5-3-4-6-22(19)27/h3-6,15,18,20-21,23H,7-14H2,1-2H3/t18-,20-,21+,23?,25-,26-/m0/s1. The first-order valence-corrected chi connectivity index (χ1v) is 11.9. The Kier molecular flexibility index (Phi) is 4.89. The van der Waals surface area contributed by atoms with E-state index in [-0.39, 0.29) is 22.9 Å². The zero-order chi connectivity index (χ0) is 21.1. The van der Waals surface area contributed by atoms with Gasteiger partial charge in [0.05, 0.1) is 10.6 Å². The van der Waals surface area contributed by atoms with E-state index in [0.717, 1.165) is 32.1 Å². The Balaban J connectivity index is 1.37. The smallest absolute Gasteiger partial charge is 0.339 e. The van der Waals surface area contributed by atoms with E-state index in [1.54, 1.807) is 12.1 Å². The largest absolute Gasteiger partial charge is 0.458 e. The molecule has 1 aromatic carbocycles. The second-order valence-electron chi connectivity index (χ2n) is 10.5. The van der Waals surface area contributed by atoms with Gasteiger partial charge in [0.1, 0.15) is 6.10 Å². The number of ketones is 1. The van der Waals surface area contributed by atoms with Crippen LogP contribution in [-0.2, 0) is 9.53 Å². The molecular formula is C26H31ClO3. The lowest BCUT2D eigenvalue weighted by molar-refractivity contribution is -0.118. The highest BCUT2D eigenvalue weighted by molar-refractivity contribution is 6.33. The molecule has 0 aliphatic heterocycles. The molecule has 3 fully saturated rings. The van der Waals surface area contributed by atoms with Crippen molar-refractivity contribution in [2.45, 2.75) is 71.3 Å². The molecule has 0 aromatic heterocycles. The molecule has 1 aromatic rings. The van der Waals surface area contributed by atoms with Gasteiger partial charge in [0, 0.05) is 11.8 Å². The van der Waals surface area contributed by atoms with Crippen molar-refractivity contribution in [3.05, 3.63) is 46.5 Å². The molecule has 0 heterocycles. The topological polar surface area (TPSA) is 43.4 Å². The summed E-state index contributed by atoms with van der Waals surface area (Å²) in [7, 11) is 0. The Morgan fingerprint density at radius 2 is 1.83 bits per heavy atom. The van der Waals surface area contributed by atoms with Crippen molar-refractivity contribution in [3.63, 3.8) is 0 Å². The van der Waals surface area contributed by atoms with Crippen LogP contribution in [0.1, 0.15) is 75.6 Å². The second kappa shape index (κ2) is 7.22. The number of esters is 1. The lowest BCUT2D eigenvalue weighted by Gasteiger charge is -2.57. The third-order valence-electron chi connectivity index (χ3n) is 9.22. The summed E-state index contributed by atoms with van der Waals surface area (Å²) in [6, 6.07) is 7.15. The van der Waals surface area contributed by atoms with E-state index in [4.69, 9.17) is 16.3 Å². The number of hydrogen-bond donors (Lipinski definition) is 0. The number of rotatable bonds is 2. The normalized spacial score (nSPS) is 40.1. The van der Waals surface area contributed by atoms with Crippen molar-refractivity contribution in [3.8, 4) is 0 Å². The molecule has 4 heteroatoms. The molecule has 160 valence electrons. The Bertz CT molecular complexity index is 921. The summed E-state index contributed by atoms with van der Waals surface area (Å²) in [5.41, 5.74) is 2.10. The van der Waals surface area contributed by atoms with Crippen LogP contribution >= 0.6 is 11.6 Å². The summed E-state index contributed by atoms with van der Waals surface area (Å²) in [6.45, 7) is 4.76. The Labute approximate surface area is 184 Å². The zero-order valence-corrected chi connectivity index (χ0v) is 18.7. The molecule has 4 aliphatic carbocycles. The second-order valence-corrected chi connectivity index (χ2v) is 10.9. The fourth-order valence-corrected chi connectivity index (χ4v) is 7.74. The third kappa shape index (κ3) is 2.99. The van der Waals surface area contributed by atoms with Crippen molar-refractivity contribution in [1.82, 2.24) is 0 Å². The lowest BCUT2D eigenvalue weighted by atomic mass is 9.47. The van der Waals surface area contributed by atoms with Crippen LogP contribution in [0.25, 0.3) is 0 Å². The van der Waals surface area contributed by atoms with Crippen molar-refractivity contribution >= 4 is 23.4 Å². The van der Waals surface area contributed by atoms with E-state index in [0.29, 0.717) is 40.5 Å². The van der Waals surface area contributed by atoms with Gasteiger partial charge in [-0.1, -0.05) is 43.2 Å². The molecule has 0 radical (unpaired) electrons. The lowest BCUT2D eigenvalue weighted by Crippen LogP contribution is -2.51. The number of fused-ring (bicyclic) bond motifs is 5. The van der Waals surface area contributed by atoms with Gasteiger partial charge in [-0.25, -0.2) is 4.79 Å². The minimum Gasteiger partial charge on any atom is -0.458 e. The molecule has 0 amide bonds. The molecule has 1 unspecified atom stereocenters. The van der Waals surface area contributed by atoms with E-state index in [9.17, 15) is 9.59 Å². The van der Waals surface area contributed by atoms with Crippen LogP contribution in [0.5, 0.6) is 0 Å². The maximum atomic E-state index is 12.8. The Hall–Kier alpha value is -1.61. The quantitative estimate of drug-likeness (QED) is 0.514. The predicted molar refractivity (Wildman–Crippen MR) is 117 cm³/mol. The third-order valence-corrected chi connectivity index (χ3v) is 9.55. The number of benzene rings is 1. The fourth-order valence-electron chi connectivity index (χ4n) is 7.52. The van der Waals surface area contributed by atoms with Gasteiger partial charge in [-0.3, -0.25) is 4.79 Å². The van der Waals surface area contributed by atoms with E-state index in [1.165, 1.54) is 18.4 Å². The molecule has 3 saturated carbocycles. The highest BCUT2D eigenvalue weighted by Gasteiger charge is 2.60. The number of carbonyl (C=O) groups is 2. The molecule has 4 aliphatic rings. The first-order chi connectivity index (χ1) is 14.3. The van der Waals surface area contributed by atoms with Crippen LogP contribution in [0.2, 0.25) is 5.02 Å². The number of carbonyl (C=O) groups excluding carboxylic acids is 2.